The molecule has 8 nitrogen and oxygen atoms in total. The van der Waals surface area contributed by atoms with Crippen molar-refractivity contribution in [1.29, 1.82) is 0 Å². The van der Waals surface area contributed by atoms with Gasteiger partial charge in [0.2, 0.25) is 0 Å². The van der Waals surface area contributed by atoms with Crippen LogP contribution in [0.2, 0.25) is 0 Å². The molecule has 0 aliphatic carbocycles. The van der Waals surface area contributed by atoms with Crippen molar-refractivity contribution in [3.05, 3.63) is 12.2 Å². The smallest absolute Gasteiger partial charge is 0.362 e. The molecule has 0 rings (SSSR count). The van der Waals surface area contributed by atoms with Gasteiger partial charge in [-0.05, 0) is 38.5 Å². The van der Waals surface area contributed by atoms with Crippen LogP contribution in [0.1, 0.15) is 174 Å². The molecule has 0 bridgehead atoms. The SMILES string of the molecule is CCCCCC/C=C/CCCCCCCCCC(=O)OC(COCCC(C(=O)O)[N+](C)(C)C)COC(=O)CCCCCCCCCCC. The second-order valence-electron chi connectivity index (χ2n) is 14.5. The van der Waals surface area contributed by atoms with Crippen LogP contribution in [0.3, 0.4) is 0 Å². The third-order valence-electron chi connectivity index (χ3n) is 8.91. The molecule has 0 heterocycles. The zero-order valence-corrected chi connectivity index (χ0v) is 32.0. The Hall–Kier alpha value is -1.93. The van der Waals surface area contributed by atoms with Crippen molar-refractivity contribution in [2.24, 2.45) is 0 Å². The number of carbonyl (C=O) groups excluding carboxylic acids is 2. The normalized spacial score (nSPS) is 13.1. The number of rotatable bonds is 35. The molecule has 0 aromatic rings. The summed E-state index contributed by atoms with van der Waals surface area (Å²) in [6.07, 6.45) is 31.0. The Kier molecular flexibility index (Phi) is 31.0. The Morgan fingerprint density at radius 1 is 0.604 bits per heavy atom. The molecule has 0 amide bonds. The van der Waals surface area contributed by atoms with Crippen LogP contribution in [-0.2, 0) is 28.6 Å². The van der Waals surface area contributed by atoms with E-state index < -0.39 is 18.1 Å². The molecule has 282 valence electrons. The Labute approximate surface area is 295 Å². The third kappa shape index (κ3) is 30.2. The Balaban J connectivity index is 4.38. The Morgan fingerprint density at radius 2 is 1.04 bits per heavy atom. The highest BCUT2D eigenvalue weighted by Gasteiger charge is 2.31. The molecule has 0 spiro atoms. The van der Waals surface area contributed by atoms with Gasteiger partial charge in [-0.1, -0.05) is 129 Å². The number of allylic oxidation sites excluding steroid dienone is 2. The fourth-order valence-corrected chi connectivity index (χ4v) is 5.79. The van der Waals surface area contributed by atoms with E-state index in [0.29, 0.717) is 19.3 Å². The summed E-state index contributed by atoms with van der Waals surface area (Å²) in [5.41, 5.74) is 0. The summed E-state index contributed by atoms with van der Waals surface area (Å²) in [5.74, 6) is -1.47. The third-order valence-corrected chi connectivity index (χ3v) is 8.91. The lowest BCUT2D eigenvalue weighted by Crippen LogP contribution is -2.50. The molecule has 2 atom stereocenters. The molecule has 0 fully saturated rings. The van der Waals surface area contributed by atoms with Gasteiger partial charge in [0.1, 0.15) is 6.61 Å². The van der Waals surface area contributed by atoms with Crippen LogP contribution in [0.25, 0.3) is 0 Å². The molecule has 0 aliphatic rings. The van der Waals surface area contributed by atoms with Gasteiger partial charge < -0.3 is 23.8 Å². The van der Waals surface area contributed by atoms with Gasteiger partial charge in [-0.15, -0.1) is 0 Å². The van der Waals surface area contributed by atoms with Crippen molar-refractivity contribution in [1.82, 2.24) is 0 Å². The highest BCUT2D eigenvalue weighted by molar-refractivity contribution is 5.72. The first kappa shape index (κ1) is 46.1. The van der Waals surface area contributed by atoms with Gasteiger partial charge in [-0.25, -0.2) is 4.79 Å². The summed E-state index contributed by atoms with van der Waals surface area (Å²) in [6.45, 7) is 4.70. The van der Waals surface area contributed by atoms with Crippen molar-refractivity contribution < 1.29 is 38.2 Å². The highest BCUT2D eigenvalue weighted by atomic mass is 16.6. The van der Waals surface area contributed by atoms with Crippen molar-refractivity contribution in [2.45, 2.75) is 187 Å². The van der Waals surface area contributed by atoms with E-state index in [1.807, 2.05) is 21.1 Å². The van der Waals surface area contributed by atoms with E-state index in [2.05, 4.69) is 26.0 Å². The number of carboxylic acids is 1. The van der Waals surface area contributed by atoms with E-state index in [4.69, 9.17) is 14.2 Å². The van der Waals surface area contributed by atoms with Crippen LogP contribution in [-0.4, -0.2) is 80.6 Å². The van der Waals surface area contributed by atoms with E-state index >= 15 is 0 Å². The first-order valence-electron chi connectivity index (χ1n) is 19.7. The molecule has 1 N–H and O–H groups in total. The van der Waals surface area contributed by atoms with Gasteiger partial charge >= 0.3 is 17.9 Å². The number of unbranched alkanes of at least 4 members (excludes halogenated alkanes) is 19. The predicted octanol–water partition coefficient (Wildman–Crippen LogP) is 9.97. The van der Waals surface area contributed by atoms with Gasteiger partial charge in [0, 0.05) is 19.3 Å². The van der Waals surface area contributed by atoms with Gasteiger partial charge in [-0.2, -0.15) is 0 Å². The number of hydrogen-bond donors (Lipinski definition) is 1. The number of esters is 2. The number of carboxylic acid groups (broad SMARTS) is 1. The molecule has 0 saturated carbocycles. The molecule has 0 aromatic carbocycles. The topological polar surface area (TPSA) is 99.1 Å². The molecule has 0 aromatic heterocycles. The van der Waals surface area contributed by atoms with Crippen LogP contribution in [0, 0.1) is 0 Å². The maximum absolute atomic E-state index is 12.6. The molecular formula is C40H76NO7+. The number of hydrogen-bond acceptors (Lipinski definition) is 6. The largest absolute Gasteiger partial charge is 0.477 e. The summed E-state index contributed by atoms with van der Waals surface area (Å²) in [4.78, 5) is 36.7. The number of ether oxygens (including phenoxy) is 3. The van der Waals surface area contributed by atoms with Crippen molar-refractivity contribution in [3.8, 4) is 0 Å². The standard InChI is InChI=1S/C40H75NO7/c1-6-8-10-12-14-16-17-18-19-20-21-23-25-27-29-31-39(43)48-36(34-46-33-32-37(40(44)45)41(3,4)5)35-47-38(42)30-28-26-24-22-15-13-11-9-7-2/h16-17,36-37H,6-15,18-35H2,1-5H3/p+1/b17-16+. The lowest BCUT2D eigenvalue weighted by atomic mass is 10.1. The minimum Gasteiger partial charge on any atom is -0.477 e. The van der Waals surface area contributed by atoms with Crippen molar-refractivity contribution >= 4 is 17.9 Å². The fraction of sp³-hybridized carbons (Fsp3) is 0.875. The molecule has 8 heteroatoms. The maximum Gasteiger partial charge on any atom is 0.362 e. The minimum absolute atomic E-state index is 0.0479. The zero-order valence-electron chi connectivity index (χ0n) is 32.0. The van der Waals surface area contributed by atoms with E-state index in [1.165, 1.54) is 103 Å². The average Bonchev–Trinajstić information content (AvgIpc) is 3.03. The summed E-state index contributed by atoms with van der Waals surface area (Å²) >= 11 is 0. The molecule has 2 unspecified atom stereocenters. The van der Waals surface area contributed by atoms with Crippen LogP contribution >= 0.6 is 0 Å². The van der Waals surface area contributed by atoms with Crippen molar-refractivity contribution in [2.75, 3.05) is 41.0 Å². The zero-order chi connectivity index (χ0) is 35.7. The molecule has 0 aliphatic heterocycles. The molecule has 0 saturated heterocycles. The number of likely N-dealkylation sites (N-methyl/N-ethyl adjacent to an activating group) is 1. The van der Waals surface area contributed by atoms with E-state index in [1.54, 1.807) is 0 Å². The quantitative estimate of drug-likeness (QED) is 0.0307. The second-order valence-corrected chi connectivity index (χ2v) is 14.5. The molecule has 48 heavy (non-hydrogen) atoms. The van der Waals surface area contributed by atoms with Gasteiger partial charge in [0.15, 0.2) is 12.1 Å². The Morgan fingerprint density at radius 3 is 1.52 bits per heavy atom. The summed E-state index contributed by atoms with van der Waals surface area (Å²) in [7, 11) is 5.52. The van der Waals surface area contributed by atoms with Crippen LogP contribution < -0.4 is 0 Å². The minimum atomic E-state index is -0.875. The van der Waals surface area contributed by atoms with Crippen molar-refractivity contribution in [3.63, 3.8) is 0 Å². The van der Waals surface area contributed by atoms with Gasteiger partial charge in [-0.3, -0.25) is 9.59 Å². The Bertz CT molecular complexity index is 808. The van der Waals surface area contributed by atoms with Crippen LogP contribution in [0.4, 0.5) is 0 Å². The number of carbonyl (C=O) groups is 3. The lowest BCUT2D eigenvalue weighted by Gasteiger charge is -2.31. The average molecular weight is 683 g/mol. The maximum atomic E-state index is 12.6. The van der Waals surface area contributed by atoms with E-state index in [9.17, 15) is 19.5 Å². The van der Waals surface area contributed by atoms with Crippen LogP contribution in [0.15, 0.2) is 12.2 Å². The van der Waals surface area contributed by atoms with Gasteiger partial charge in [0.05, 0.1) is 34.4 Å². The fourth-order valence-electron chi connectivity index (χ4n) is 5.79. The predicted molar refractivity (Wildman–Crippen MR) is 197 cm³/mol. The first-order chi connectivity index (χ1) is 23.1. The second kappa shape index (κ2) is 32.3. The number of quaternary nitrogens is 1. The summed E-state index contributed by atoms with van der Waals surface area (Å²) < 4.78 is 17.2. The van der Waals surface area contributed by atoms with Gasteiger partial charge in [0.25, 0.3) is 0 Å². The first-order valence-corrected chi connectivity index (χ1v) is 19.7. The molecular weight excluding hydrogens is 606 g/mol. The number of aliphatic carboxylic acids is 1. The lowest BCUT2D eigenvalue weighted by molar-refractivity contribution is -0.887. The van der Waals surface area contributed by atoms with E-state index in [-0.39, 0.29) is 36.2 Å². The number of nitrogens with zero attached hydrogens (tertiary/aromatic N) is 1. The molecule has 0 radical (unpaired) electrons. The van der Waals surface area contributed by atoms with Crippen LogP contribution in [0.5, 0.6) is 0 Å². The monoisotopic (exact) mass is 683 g/mol. The summed E-state index contributed by atoms with van der Waals surface area (Å²) in [5, 5.41) is 9.57. The highest BCUT2D eigenvalue weighted by Crippen LogP contribution is 2.14. The van der Waals surface area contributed by atoms with E-state index in [0.717, 1.165) is 38.5 Å². The summed E-state index contributed by atoms with van der Waals surface area (Å²) in [6, 6.07) is -0.609.